The predicted molar refractivity (Wildman–Crippen MR) is 63.4 cm³/mol. The highest BCUT2D eigenvalue weighted by Gasteiger charge is 2.32. The maximum atomic E-state index is 11.4. The first kappa shape index (κ1) is 11.8. The Kier molecular flexibility index (Phi) is 4.15. The van der Waals surface area contributed by atoms with Gasteiger partial charge in [0, 0.05) is 51.9 Å². The van der Waals surface area contributed by atoms with E-state index < -0.39 is 0 Å². The molecule has 2 rings (SSSR count). The maximum absolute atomic E-state index is 11.4. The van der Waals surface area contributed by atoms with Gasteiger partial charge in [-0.15, -0.1) is 0 Å². The van der Waals surface area contributed by atoms with Crippen molar-refractivity contribution >= 4 is 5.91 Å². The number of carbonyl (C=O) groups is 1. The lowest BCUT2D eigenvalue weighted by molar-refractivity contribution is -0.124. The second-order valence-corrected chi connectivity index (χ2v) is 4.59. The average molecular weight is 226 g/mol. The van der Waals surface area contributed by atoms with Gasteiger partial charge in [-0.1, -0.05) is 0 Å². The number of hydrogen-bond acceptors (Lipinski definition) is 4. The van der Waals surface area contributed by atoms with E-state index in [1.165, 1.54) is 0 Å². The minimum Gasteiger partial charge on any atom is -0.355 e. The van der Waals surface area contributed by atoms with Gasteiger partial charge in [0.05, 0.1) is 6.54 Å². The van der Waals surface area contributed by atoms with Gasteiger partial charge >= 0.3 is 0 Å². The fourth-order valence-corrected chi connectivity index (χ4v) is 2.41. The summed E-state index contributed by atoms with van der Waals surface area (Å²) in [5.41, 5.74) is 0. The molecule has 92 valence electrons. The van der Waals surface area contributed by atoms with E-state index in [4.69, 9.17) is 0 Å². The lowest BCUT2D eigenvalue weighted by Crippen LogP contribution is -2.63. The summed E-state index contributed by atoms with van der Waals surface area (Å²) in [6.07, 6.45) is 0. The lowest BCUT2D eigenvalue weighted by Gasteiger charge is -2.46. The molecule has 2 heterocycles. The van der Waals surface area contributed by atoms with Gasteiger partial charge < -0.3 is 10.6 Å². The van der Waals surface area contributed by atoms with Gasteiger partial charge in [-0.2, -0.15) is 0 Å². The molecule has 0 aromatic heterocycles. The summed E-state index contributed by atoms with van der Waals surface area (Å²) in [6, 6.07) is 0.677. The van der Waals surface area contributed by atoms with Crippen LogP contribution in [0.15, 0.2) is 0 Å². The van der Waals surface area contributed by atoms with Crippen LogP contribution in [0.4, 0.5) is 0 Å². The van der Waals surface area contributed by atoms with Crippen molar-refractivity contribution < 1.29 is 4.79 Å². The maximum Gasteiger partial charge on any atom is 0.234 e. The summed E-state index contributed by atoms with van der Waals surface area (Å²) >= 11 is 0. The number of carbonyl (C=O) groups excluding carboxylic acids is 1. The van der Waals surface area contributed by atoms with Crippen LogP contribution < -0.4 is 10.6 Å². The van der Waals surface area contributed by atoms with Crippen LogP contribution in [0.1, 0.15) is 6.92 Å². The molecular weight excluding hydrogens is 204 g/mol. The van der Waals surface area contributed by atoms with E-state index >= 15 is 0 Å². The zero-order chi connectivity index (χ0) is 11.4. The third-order valence-electron chi connectivity index (χ3n) is 3.35. The van der Waals surface area contributed by atoms with E-state index in [0.717, 1.165) is 45.8 Å². The minimum absolute atomic E-state index is 0.154. The third kappa shape index (κ3) is 2.93. The molecule has 2 aliphatic rings. The second kappa shape index (κ2) is 5.61. The molecule has 0 aliphatic carbocycles. The number of rotatable bonds is 4. The van der Waals surface area contributed by atoms with Crippen molar-refractivity contribution in [2.45, 2.75) is 13.0 Å². The van der Waals surface area contributed by atoms with Crippen molar-refractivity contribution in [2.75, 3.05) is 52.4 Å². The van der Waals surface area contributed by atoms with E-state index in [1.807, 2.05) is 6.92 Å². The van der Waals surface area contributed by atoms with Crippen molar-refractivity contribution in [1.82, 2.24) is 20.4 Å². The third-order valence-corrected chi connectivity index (χ3v) is 3.35. The van der Waals surface area contributed by atoms with Gasteiger partial charge in [0.2, 0.25) is 5.91 Å². The van der Waals surface area contributed by atoms with Crippen molar-refractivity contribution in [2.24, 2.45) is 0 Å². The Labute approximate surface area is 97.2 Å². The van der Waals surface area contributed by atoms with Gasteiger partial charge in [0.15, 0.2) is 0 Å². The molecule has 0 atom stereocenters. The second-order valence-electron chi connectivity index (χ2n) is 4.59. The first-order chi connectivity index (χ1) is 7.79. The first-order valence-electron chi connectivity index (χ1n) is 6.23. The van der Waals surface area contributed by atoms with Crippen LogP contribution in [0.5, 0.6) is 0 Å². The summed E-state index contributed by atoms with van der Waals surface area (Å²) in [7, 11) is 0. The van der Waals surface area contributed by atoms with E-state index in [-0.39, 0.29) is 5.91 Å². The van der Waals surface area contributed by atoms with Gasteiger partial charge in [-0.25, -0.2) is 0 Å². The van der Waals surface area contributed by atoms with Crippen molar-refractivity contribution in [1.29, 1.82) is 0 Å². The number of hydrogen-bond donors (Lipinski definition) is 2. The Hall–Kier alpha value is -0.650. The molecule has 0 aromatic carbocycles. The molecule has 0 saturated carbocycles. The zero-order valence-electron chi connectivity index (χ0n) is 10.0. The molecule has 2 N–H and O–H groups in total. The average Bonchev–Trinajstić information content (AvgIpc) is 2.24. The monoisotopic (exact) mass is 226 g/mol. The Balaban J connectivity index is 1.63. The van der Waals surface area contributed by atoms with E-state index in [1.54, 1.807) is 0 Å². The van der Waals surface area contributed by atoms with Crippen molar-refractivity contribution in [3.05, 3.63) is 0 Å². The Morgan fingerprint density at radius 3 is 2.69 bits per heavy atom. The number of likely N-dealkylation sites (tertiary alicyclic amines) is 1. The number of likely N-dealkylation sites (N-methyl/N-ethyl adjacent to an activating group) is 1. The molecule has 0 spiro atoms. The molecule has 2 fully saturated rings. The summed E-state index contributed by atoms with van der Waals surface area (Å²) in [5, 5.41) is 6.19. The van der Waals surface area contributed by atoms with Gasteiger partial charge in [0.1, 0.15) is 0 Å². The largest absolute Gasteiger partial charge is 0.355 e. The molecular formula is C11H22N4O. The number of amides is 1. The standard InChI is InChI=1S/C11H22N4O/c1-2-13-11(16)9-14-7-10(8-14)15-5-3-12-4-6-15/h10,12H,2-9H2,1H3,(H,13,16). The smallest absolute Gasteiger partial charge is 0.234 e. The molecule has 5 heteroatoms. The van der Waals surface area contributed by atoms with Crippen LogP contribution in [-0.4, -0.2) is 74.1 Å². The summed E-state index contributed by atoms with van der Waals surface area (Å²) in [5.74, 6) is 0.154. The molecule has 2 aliphatic heterocycles. The predicted octanol–water partition coefficient (Wildman–Crippen LogP) is -1.29. The molecule has 5 nitrogen and oxygen atoms in total. The van der Waals surface area contributed by atoms with Crippen LogP contribution in [0, 0.1) is 0 Å². The quantitative estimate of drug-likeness (QED) is 0.626. The van der Waals surface area contributed by atoms with Crippen molar-refractivity contribution in [3.63, 3.8) is 0 Å². The number of nitrogens with zero attached hydrogens (tertiary/aromatic N) is 2. The van der Waals surface area contributed by atoms with Gasteiger partial charge in [-0.3, -0.25) is 14.6 Å². The molecule has 0 radical (unpaired) electrons. The summed E-state index contributed by atoms with van der Waals surface area (Å²) in [4.78, 5) is 16.1. The van der Waals surface area contributed by atoms with Crippen LogP contribution in [0.2, 0.25) is 0 Å². The highest BCUT2D eigenvalue weighted by molar-refractivity contribution is 5.78. The Bertz CT molecular complexity index is 234. The fraction of sp³-hybridized carbons (Fsp3) is 0.909. The highest BCUT2D eigenvalue weighted by Crippen LogP contribution is 2.14. The zero-order valence-corrected chi connectivity index (χ0v) is 10.0. The summed E-state index contributed by atoms with van der Waals surface area (Å²) in [6.45, 7) is 9.87. The van der Waals surface area contributed by atoms with Crippen molar-refractivity contribution in [3.8, 4) is 0 Å². The first-order valence-corrected chi connectivity index (χ1v) is 6.23. The normalized spacial score (nSPS) is 24.1. The molecule has 0 aromatic rings. The number of nitrogens with one attached hydrogen (secondary N) is 2. The molecule has 16 heavy (non-hydrogen) atoms. The van der Waals surface area contributed by atoms with Gasteiger partial charge in [-0.05, 0) is 6.92 Å². The van der Waals surface area contributed by atoms with E-state index in [2.05, 4.69) is 20.4 Å². The molecule has 0 bridgehead atoms. The Morgan fingerprint density at radius 1 is 1.38 bits per heavy atom. The topological polar surface area (TPSA) is 47.6 Å². The molecule has 1 amide bonds. The minimum atomic E-state index is 0.154. The van der Waals surface area contributed by atoms with Crippen LogP contribution in [-0.2, 0) is 4.79 Å². The SMILES string of the molecule is CCNC(=O)CN1CC(N2CCNCC2)C1. The van der Waals surface area contributed by atoms with E-state index in [9.17, 15) is 4.79 Å². The highest BCUT2D eigenvalue weighted by atomic mass is 16.2. The molecule has 2 saturated heterocycles. The van der Waals surface area contributed by atoms with Crippen LogP contribution in [0.3, 0.4) is 0 Å². The van der Waals surface area contributed by atoms with Crippen LogP contribution >= 0.6 is 0 Å². The summed E-state index contributed by atoms with van der Waals surface area (Å²) < 4.78 is 0. The lowest BCUT2D eigenvalue weighted by atomic mass is 10.1. The number of piperazine rings is 1. The molecule has 0 unspecified atom stereocenters. The van der Waals surface area contributed by atoms with E-state index in [0.29, 0.717) is 12.6 Å². The van der Waals surface area contributed by atoms with Gasteiger partial charge in [0.25, 0.3) is 0 Å². The Morgan fingerprint density at radius 2 is 2.06 bits per heavy atom. The van der Waals surface area contributed by atoms with Crippen LogP contribution in [0.25, 0.3) is 0 Å². The fourth-order valence-electron chi connectivity index (χ4n) is 2.41.